The van der Waals surface area contributed by atoms with E-state index < -0.39 is 5.54 Å². The van der Waals surface area contributed by atoms with Gasteiger partial charge in [-0.25, -0.2) is 4.79 Å². The van der Waals surface area contributed by atoms with E-state index in [-0.39, 0.29) is 11.9 Å². The van der Waals surface area contributed by atoms with Crippen molar-refractivity contribution in [2.45, 2.75) is 32.7 Å². The molecule has 0 heterocycles. The normalized spacial score (nSPS) is 13.7. The van der Waals surface area contributed by atoms with Crippen LogP contribution in [0.2, 0.25) is 0 Å². The van der Waals surface area contributed by atoms with E-state index in [1.54, 1.807) is 44.2 Å². The van der Waals surface area contributed by atoms with Gasteiger partial charge in [0.15, 0.2) is 0 Å². The van der Waals surface area contributed by atoms with Crippen LogP contribution in [0.3, 0.4) is 0 Å². The Balaban J connectivity index is 2.66. The van der Waals surface area contributed by atoms with Crippen molar-refractivity contribution in [1.82, 2.24) is 0 Å². The van der Waals surface area contributed by atoms with Gasteiger partial charge in [0.1, 0.15) is 0 Å². The van der Waals surface area contributed by atoms with Crippen LogP contribution in [0.4, 0.5) is 5.69 Å². The van der Waals surface area contributed by atoms with Gasteiger partial charge in [-0.05, 0) is 44.0 Å². The lowest BCUT2D eigenvalue weighted by molar-refractivity contribution is -0.137. The summed E-state index contributed by atoms with van der Waals surface area (Å²) in [4.78, 5) is 23.1. The van der Waals surface area contributed by atoms with Gasteiger partial charge in [-0.3, -0.25) is 4.79 Å². The Kier molecular flexibility index (Phi) is 6.11. The van der Waals surface area contributed by atoms with Crippen molar-refractivity contribution in [1.29, 1.82) is 0 Å². The van der Waals surface area contributed by atoms with Crippen LogP contribution in [0, 0.1) is 0 Å². The van der Waals surface area contributed by atoms with Crippen molar-refractivity contribution < 1.29 is 14.3 Å². The highest BCUT2D eigenvalue weighted by Gasteiger charge is 2.25. The molecule has 114 valence electrons. The molecule has 1 atom stereocenters. The third kappa shape index (κ3) is 5.39. The first-order valence-corrected chi connectivity index (χ1v) is 6.94. The summed E-state index contributed by atoms with van der Waals surface area (Å²) in [6.45, 7) is 5.66. The Labute approximate surface area is 125 Å². The van der Waals surface area contributed by atoms with Crippen LogP contribution in [0.25, 0.3) is 6.08 Å². The van der Waals surface area contributed by atoms with Gasteiger partial charge in [-0.15, -0.1) is 0 Å². The maximum Gasteiger partial charge on any atom is 0.330 e. The number of esters is 1. The third-order valence-electron chi connectivity index (χ3n) is 3.12. The fraction of sp³-hybridized carbons (Fsp3) is 0.375. The van der Waals surface area contributed by atoms with Crippen molar-refractivity contribution in [2.24, 2.45) is 5.73 Å². The monoisotopic (exact) mass is 290 g/mol. The Morgan fingerprint density at radius 2 is 1.90 bits per heavy atom. The Bertz CT molecular complexity index is 519. The standard InChI is InChI=1S/C16H22N2O3/c1-4-16(3,17)15(20)18-13-9-6-12(7-10-13)8-11-14(19)21-5-2/h6-11H,4-5,17H2,1-3H3,(H,18,20). The van der Waals surface area contributed by atoms with E-state index in [4.69, 9.17) is 10.5 Å². The quantitative estimate of drug-likeness (QED) is 0.622. The van der Waals surface area contributed by atoms with E-state index in [0.717, 1.165) is 5.56 Å². The fourth-order valence-electron chi connectivity index (χ4n) is 1.47. The predicted molar refractivity (Wildman–Crippen MR) is 83.6 cm³/mol. The van der Waals surface area contributed by atoms with Crippen LogP contribution >= 0.6 is 0 Å². The van der Waals surface area contributed by atoms with E-state index in [9.17, 15) is 9.59 Å². The second kappa shape index (κ2) is 7.59. The zero-order valence-corrected chi connectivity index (χ0v) is 12.7. The number of rotatable bonds is 6. The van der Waals surface area contributed by atoms with Crippen LogP contribution in [0.5, 0.6) is 0 Å². The van der Waals surface area contributed by atoms with Gasteiger partial charge < -0.3 is 15.8 Å². The predicted octanol–water partition coefficient (Wildman–Crippen LogP) is 2.33. The molecule has 0 aromatic heterocycles. The number of amides is 1. The minimum Gasteiger partial charge on any atom is -0.463 e. The molecule has 3 N–H and O–H groups in total. The smallest absolute Gasteiger partial charge is 0.330 e. The van der Waals surface area contributed by atoms with Gasteiger partial charge in [0.2, 0.25) is 5.91 Å². The summed E-state index contributed by atoms with van der Waals surface area (Å²) in [7, 11) is 0. The summed E-state index contributed by atoms with van der Waals surface area (Å²) < 4.78 is 4.79. The number of ether oxygens (including phenoxy) is 1. The molecule has 1 aromatic carbocycles. The second-order valence-corrected chi connectivity index (χ2v) is 4.93. The van der Waals surface area contributed by atoms with Crippen LogP contribution in [-0.2, 0) is 14.3 Å². The molecule has 1 aromatic rings. The summed E-state index contributed by atoms with van der Waals surface area (Å²) in [6.07, 6.45) is 3.58. The van der Waals surface area contributed by atoms with Crippen molar-refractivity contribution in [3.63, 3.8) is 0 Å². The number of hydrogen-bond acceptors (Lipinski definition) is 4. The number of carbonyl (C=O) groups is 2. The molecule has 1 rings (SSSR count). The number of nitrogens with two attached hydrogens (primary N) is 1. The highest BCUT2D eigenvalue weighted by molar-refractivity contribution is 5.97. The highest BCUT2D eigenvalue weighted by Crippen LogP contribution is 2.14. The molecule has 0 spiro atoms. The molecule has 0 aliphatic carbocycles. The van der Waals surface area contributed by atoms with E-state index >= 15 is 0 Å². The Hall–Kier alpha value is -2.14. The molecule has 0 bridgehead atoms. The second-order valence-electron chi connectivity index (χ2n) is 4.93. The van der Waals surface area contributed by atoms with E-state index in [1.807, 2.05) is 6.92 Å². The van der Waals surface area contributed by atoms with Gasteiger partial charge in [0.05, 0.1) is 12.1 Å². The zero-order chi connectivity index (χ0) is 15.9. The average Bonchev–Trinajstić information content (AvgIpc) is 2.46. The van der Waals surface area contributed by atoms with Crippen molar-refractivity contribution in [3.05, 3.63) is 35.9 Å². The molecule has 5 heteroatoms. The summed E-state index contributed by atoms with van der Waals surface area (Å²) in [6, 6.07) is 7.11. The molecule has 0 radical (unpaired) electrons. The summed E-state index contributed by atoms with van der Waals surface area (Å²) in [5, 5.41) is 2.77. The number of benzene rings is 1. The molecule has 1 unspecified atom stereocenters. The highest BCUT2D eigenvalue weighted by atomic mass is 16.5. The van der Waals surface area contributed by atoms with Crippen molar-refractivity contribution in [2.75, 3.05) is 11.9 Å². The van der Waals surface area contributed by atoms with Crippen LogP contribution in [0.15, 0.2) is 30.3 Å². The molecule has 0 aliphatic heterocycles. The van der Waals surface area contributed by atoms with Crippen LogP contribution in [0.1, 0.15) is 32.8 Å². The molecular formula is C16H22N2O3. The molecule has 0 saturated heterocycles. The minimum atomic E-state index is -0.886. The average molecular weight is 290 g/mol. The first kappa shape index (κ1) is 16.9. The summed E-state index contributed by atoms with van der Waals surface area (Å²) in [5.41, 5.74) is 6.49. The molecule has 5 nitrogen and oxygen atoms in total. The van der Waals surface area contributed by atoms with E-state index in [2.05, 4.69) is 5.32 Å². The number of nitrogens with one attached hydrogen (secondary N) is 1. The largest absolute Gasteiger partial charge is 0.463 e. The molecule has 21 heavy (non-hydrogen) atoms. The minimum absolute atomic E-state index is 0.222. The third-order valence-corrected chi connectivity index (χ3v) is 3.12. The lowest BCUT2D eigenvalue weighted by atomic mass is 9.99. The Morgan fingerprint density at radius 1 is 1.29 bits per heavy atom. The van der Waals surface area contributed by atoms with E-state index in [0.29, 0.717) is 18.7 Å². The van der Waals surface area contributed by atoms with Gasteiger partial charge in [0, 0.05) is 11.8 Å². The van der Waals surface area contributed by atoms with Gasteiger partial charge in [-0.1, -0.05) is 19.1 Å². The Morgan fingerprint density at radius 3 is 2.43 bits per heavy atom. The van der Waals surface area contributed by atoms with Gasteiger partial charge >= 0.3 is 5.97 Å². The number of carbonyl (C=O) groups excluding carboxylic acids is 2. The SMILES string of the molecule is CCOC(=O)C=Cc1ccc(NC(=O)C(C)(N)CC)cc1. The fourth-order valence-corrected chi connectivity index (χ4v) is 1.47. The zero-order valence-electron chi connectivity index (χ0n) is 12.7. The maximum atomic E-state index is 11.9. The van der Waals surface area contributed by atoms with Gasteiger partial charge in [0.25, 0.3) is 0 Å². The molecular weight excluding hydrogens is 268 g/mol. The van der Waals surface area contributed by atoms with Gasteiger partial charge in [-0.2, -0.15) is 0 Å². The molecule has 1 amide bonds. The lowest BCUT2D eigenvalue weighted by Crippen LogP contribution is -2.47. The molecule has 0 saturated carbocycles. The maximum absolute atomic E-state index is 11.9. The van der Waals surface area contributed by atoms with Crippen molar-refractivity contribution >= 4 is 23.6 Å². The molecule has 0 aliphatic rings. The van der Waals surface area contributed by atoms with Crippen LogP contribution < -0.4 is 11.1 Å². The molecule has 0 fully saturated rings. The van der Waals surface area contributed by atoms with Crippen LogP contribution in [-0.4, -0.2) is 24.0 Å². The lowest BCUT2D eigenvalue weighted by Gasteiger charge is -2.21. The first-order chi connectivity index (χ1) is 9.89. The van der Waals surface area contributed by atoms with E-state index in [1.165, 1.54) is 6.08 Å². The summed E-state index contributed by atoms with van der Waals surface area (Å²) in [5.74, 6) is -0.600. The first-order valence-electron chi connectivity index (χ1n) is 6.94. The summed E-state index contributed by atoms with van der Waals surface area (Å²) >= 11 is 0. The number of anilines is 1. The topological polar surface area (TPSA) is 81.4 Å². The number of hydrogen-bond donors (Lipinski definition) is 2. The van der Waals surface area contributed by atoms with Crippen molar-refractivity contribution in [3.8, 4) is 0 Å².